The van der Waals surface area contributed by atoms with Crippen molar-refractivity contribution in [3.63, 3.8) is 0 Å². The first-order chi connectivity index (χ1) is 6.21. The van der Waals surface area contributed by atoms with E-state index in [1.54, 1.807) is 0 Å². The number of rotatable bonds is 3. The molecular weight excluding hydrogens is 368 g/mol. The molecule has 16 heavy (non-hydrogen) atoms. The molecule has 0 aromatic heterocycles. The van der Waals surface area contributed by atoms with Gasteiger partial charge in [0, 0.05) is 11.2 Å². The molecule has 0 aliphatic rings. The van der Waals surface area contributed by atoms with E-state index in [-0.39, 0.29) is 17.1 Å². The Morgan fingerprint density at radius 1 is 0.875 bits per heavy atom. The third kappa shape index (κ3) is 46.9. The van der Waals surface area contributed by atoms with Crippen molar-refractivity contribution in [2.45, 2.75) is 0 Å². The van der Waals surface area contributed by atoms with Gasteiger partial charge < -0.3 is 9.11 Å². The minimum Gasteiger partial charge on any atom is -0.724 e. The first-order valence-corrected chi connectivity index (χ1v) is 7.26. The molecule has 11 nitrogen and oxygen atoms in total. The van der Waals surface area contributed by atoms with E-state index in [2.05, 4.69) is 19.9 Å². The summed E-state index contributed by atoms with van der Waals surface area (Å²) in [6.07, 6.45) is 0. The summed E-state index contributed by atoms with van der Waals surface area (Å²) >= 11 is 3.47. The first kappa shape index (κ1) is 21.8. The van der Waals surface area contributed by atoms with E-state index in [9.17, 15) is 25.9 Å². The van der Waals surface area contributed by atoms with Crippen LogP contribution in [-0.4, -0.2) is 39.3 Å². The van der Waals surface area contributed by atoms with E-state index >= 15 is 0 Å². The maximum atomic E-state index is 9.37. The van der Waals surface area contributed by atoms with Crippen molar-refractivity contribution < 1.29 is 65.0 Å². The van der Waals surface area contributed by atoms with E-state index in [4.69, 9.17) is 13.3 Å². The standard InChI is InChI=1S/Cu.H2O8S2.H2O3S2/c;1-9(2,3)7-8-10(4,5)6;1-5(2,3)4/h;(H,1,2,3)(H,4,5,6);(H2,1,2,3,4)/q+2;;/p-2. The Labute approximate surface area is 106 Å². The van der Waals surface area contributed by atoms with E-state index in [1.165, 1.54) is 0 Å². The fourth-order valence-corrected chi connectivity index (χ4v) is 0.612. The summed E-state index contributed by atoms with van der Waals surface area (Å²) in [5.41, 5.74) is 0. The normalized spacial score (nSPS) is 12.0. The van der Waals surface area contributed by atoms with Gasteiger partial charge >= 0.3 is 17.1 Å². The zero-order chi connectivity index (χ0) is 12.9. The molecule has 0 atom stereocenters. The Kier molecular flexibility index (Phi) is 10.6. The fraction of sp³-hybridized carbons (Fsp3) is 0. The summed E-state index contributed by atoms with van der Waals surface area (Å²) in [5, 5.41) is 0. The molecule has 0 aliphatic carbocycles. The average molecular weight is 370 g/mol. The van der Waals surface area contributed by atoms with Crippen LogP contribution in [0.15, 0.2) is 0 Å². The monoisotopic (exact) mass is 369 g/mol. The molecule has 0 unspecified atom stereocenters. The molecule has 0 amide bonds. The molecule has 0 saturated heterocycles. The van der Waals surface area contributed by atoms with Crippen LogP contribution in [0.2, 0.25) is 0 Å². The zero-order valence-electron chi connectivity index (χ0n) is 6.50. The quantitative estimate of drug-likeness (QED) is 0.175. The second kappa shape index (κ2) is 7.79. The molecule has 0 bridgehead atoms. The summed E-state index contributed by atoms with van der Waals surface area (Å²) in [6, 6.07) is 0. The molecule has 0 heterocycles. The van der Waals surface area contributed by atoms with Crippen LogP contribution < -0.4 is 0 Å². The topological polar surface area (TPSA) is 190 Å². The third-order valence-electron chi connectivity index (χ3n) is 0.194. The Hall–Kier alpha value is 0.549. The molecule has 1 radical (unpaired) electrons. The average Bonchev–Trinajstić information content (AvgIpc) is 1.76. The summed E-state index contributed by atoms with van der Waals surface area (Å²) in [5.74, 6) is 0. The minimum absolute atomic E-state index is 0. The van der Waals surface area contributed by atoms with Crippen molar-refractivity contribution >= 4 is 41.0 Å². The summed E-state index contributed by atoms with van der Waals surface area (Å²) in [7, 11) is -14.5. The minimum atomic E-state index is -5.31. The smallest absolute Gasteiger partial charge is 0.724 e. The zero-order valence-corrected chi connectivity index (χ0v) is 10.7. The molecule has 2 N–H and O–H groups in total. The Balaban J connectivity index is -0.000000242. The predicted molar refractivity (Wildman–Crippen MR) is 42.3 cm³/mol. The van der Waals surface area contributed by atoms with Crippen LogP contribution in [0.4, 0.5) is 0 Å². The number of hydrogen-bond donors (Lipinski definition) is 2. The van der Waals surface area contributed by atoms with Crippen molar-refractivity contribution in [1.82, 2.24) is 0 Å². The van der Waals surface area contributed by atoms with Crippen molar-refractivity contribution in [1.29, 1.82) is 0 Å². The molecule has 0 aromatic carbocycles. The molecule has 0 saturated carbocycles. The van der Waals surface area contributed by atoms with Gasteiger partial charge in [-0.05, 0) is 0 Å². The molecule has 0 spiro atoms. The van der Waals surface area contributed by atoms with Crippen LogP contribution in [0.5, 0.6) is 0 Å². The summed E-state index contributed by atoms with van der Waals surface area (Å²) in [4.78, 5) is 0. The van der Waals surface area contributed by atoms with Crippen LogP contribution in [0.25, 0.3) is 0 Å². The molecule has 0 aromatic rings. The van der Waals surface area contributed by atoms with Gasteiger partial charge in [0.2, 0.25) is 20.8 Å². The second-order valence-electron chi connectivity index (χ2n) is 1.40. The summed E-state index contributed by atoms with van der Waals surface area (Å²) < 4.78 is 85.4. The maximum Gasteiger partial charge on any atom is 2.00 e. The summed E-state index contributed by atoms with van der Waals surface area (Å²) in [6.45, 7) is 0. The van der Waals surface area contributed by atoms with E-state index in [0.29, 0.717) is 0 Å². The molecular formula is H2CuO11S4. The largest absolute Gasteiger partial charge is 2.00 e. The van der Waals surface area contributed by atoms with Gasteiger partial charge in [-0.3, -0.25) is 9.11 Å². The van der Waals surface area contributed by atoms with E-state index in [1.807, 2.05) is 0 Å². The van der Waals surface area contributed by atoms with Gasteiger partial charge in [0.15, 0.2) is 0 Å². The second-order valence-corrected chi connectivity index (χ2v) is 5.50. The van der Waals surface area contributed by atoms with Crippen molar-refractivity contribution in [2.75, 3.05) is 0 Å². The van der Waals surface area contributed by atoms with Gasteiger partial charge in [0.05, 0.1) is 0 Å². The van der Waals surface area contributed by atoms with Gasteiger partial charge in [-0.25, -0.2) is 16.8 Å². The van der Waals surface area contributed by atoms with Crippen molar-refractivity contribution in [3.05, 3.63) is 0 Å². The van der Waals surface area contributed by atoms with Crippen LogP contribution in [0.3, 0.4) is 0 Å². The van der Waals surface area contributed by atoms with Crippen LogP contribution in [0, 0.1) is 0 Å². The Bertz CT molecular complexity index is 422. The van der Waals surface area contributed by atoms with Crippen LogP contribution >= 0.6 is 0 Å². The fourth-order valence-electron chi connectivity index (χ4n) is 0.0680. The maximum absolute atomic E-state index is 9.37. The van der Waals surface area contributed by atoms with E-state index in [0.717, 1.165) is 0 Å². The van der Waals surface area contributed by atoms with E-state index < -0.39 is 29.9 Å². The van der Waals surface area contributed by atoms with Crippen LogP contribution in [0.1, 0.15) is 0 Å². The Morgan fingerprint density at radius 3 is 1.06 bits per heavy atom. The number of hydrogen-bond acceptors (Lipinski definition) is 10. The molecule has 103 valence electrons. The van der Waals surface area contributed by atoms with Crippen molar-refractivity contribution in [3.8, 4) is 0 Å². The van der Waals surface area contributed by atoms with Gasteiger partial charge in [-0.15, -0.1) is 8.67 Å². The first-order valence-electron chi connectivity index (χ1n) is 2.20. The predicted octanol–water partition coefficient (Wildman–Crippen LogP) is -2.47. The molecule has 0 aliphatic heterocycles. The van der Waals surface area contributed by atoms with Gasteiger partial charge in [-0.2, -0.15) is 4.21 Å². The molecule has 0 rings (SSSR count). The van der Waals surface area contributed by atoms with Crippen LogP contribution in [-0.2, 0) is 66.8 Å². The molecule has 0 fully saturated rings. The van der Waals surface area contributed by atoms with Gasteiger partial charge in [0.25, 0.3) is 9.05 Å². The van der Waals surface area contributed by atoms with Gasteiger partial charge in [-0.1, -0.05) is 0 Å². The van der Waals surface area contributed by atoms with Crippen molar-refractivity contribution in [2.24, 2.45) is 0 Å². The molecule has 16 heteroatoms. The third-order valence-corrected chi connectivity index (χ3v) is 0.750. The Morgan fingerprint density at radius 2 is 1.00 bits per heavy atom. The SMILES string of the molecule is O=S(=O)([O-])OOS(=O)(=O)[O-].O=S(O)(O)=S.[Cu+2]. The van der Waals surface area contributed by atoms with Gasteiger partial charge in [0.1, 0.15) is 0 Å².